The Hall–Kier alpha value is 0.200. The van der Waals surface area contributed by atoms with Crippen LogP contribution in [0.1, 0.15) is 0 Å². The molecule has 1 aliphatic rings. The van der Waals surface area contributed by atoms with Crippen LogP contribution in [-0.4, -0.2) is 0 Å². The van der Waals surface area contributed by atoms with Gasteiger partial charge in [-0.05, 0) is 112 Å². The van der Waals surface area contributed by atoms with Gasteiger partial charge in [0.25, 0.3) is 0 Å². The van der Waals surface area contributed by atoms with Gasteiger partial charge in [0.05, 0.1) is 18.1 Å². The number of hydrogen-bond donors (Lipinski definition) is 0. The third-order valence-electron chi connectivity index (χ3n) is 4.06. The predicted molar refractivity (Wildman–Crippen MR) is 140 cm³/mol. The van der Waals surface area contributed by atoms with E-state index in [4.69, 9.17) is 0 Å². The van der Waals surface area contributed by atoms with Gasteiger partial charge in [0, 0.05) is 36.0 Å². The van der Waals surface area contributed by atoms with Gasteiger partial charge in [-0.25, -0.2) is 0 Å². The molecule has 0 aliphatic carbocycles. The third-order valence-corrected chi connectivity index (χ3v) is 12.3. The Kier molecular flexibility index (Phi) is 5.78. The summed E-state index contributed by atoms with van der Waals surface area (Å²) < 4.78 is 14.5. The van der Waals surface area contributed by atoms with Gasteiger partial charge in [0.2, 0.25) is 0 Å². The molecule has 0 amide bonds. The van der Waals surface area contributed by atoms with Crippen molar-refractivity contribution in [2.75, 3.05) is 0 Å². The Morgan fingerprint density at radius 1 is 0.393 bits per heavy atom. The number of rotatable bonds is 0. The Morgan fingerprint density at radius 2 is 0.607 bits per heavy atom. The quantitative estimate of drug-likeness (QED) is 0.200. The zero-order valence-electron chi connectivity index (χ0n) is 13.8. The standard InChI is InChI=1S/C20H8Br4S4/c21-13-5-9-1-2-10-6-14(22)19(26-10)20-16(24)8-12(28-20)4-3-11-7-15(23)18(27-11)17(13)25-9/h1-8H/b2-1?,4-3?,9-1-,10-2-,11-3-,12-4?,18-17-,20-19?. The molecular formula is C20H8Br4S4. The molecule has 0 aromatic carbocycles. The van der Waals surface area contributed by atoms with E-state index in [0.717, 1.165) is 17.9 Å². The number of thiophene rings is 4. The van der Waals surface area contributed by atoms with Gasteiger partial charge in [0.15, 0.2) is 0 Å². The zero-order chi connectivity index (χ0) is 19.4. The summed E-state index contributed by atoms with van der Waals surface area (Å²) in [6, 6.07) is 8.78. The van der Waals surface area contributed by atoms with E-state index in [-0.39, 0.29) is 0 Å². The minimum absolute atomic E-state index is 1.14. The van der Waals surface area contributed by atoms with Crippen LogP contribution in [0.3, 0.4) is 0 Å². The molecule has 0 spiro atoms. The number of hydrogen-bond acceptors (Lipinski definition) is 4. The highest BCUT2D eigenvalue weighted by Gasteiger charge is 2.04. The molecule has 0 saturated carbocycles. The second kappa shape index (κ2) is 8.04. The van der Waals surface area contributed by atoms with Crippen molar-refractivity contribution in [2.45, 2.75) is 0 Å². The van der Waals surface area contributed by atoms with Crippen LogP contribution in [0.5, 0.6) is 0 Å². The van der Waals surface area contributed by atoms with Gasteiger partial charge < -0.3 is 0 Å². The molecule has 0 unspecified atom stereocenters. The molecule has 0 atom stereocenters. The molecule has 5 rings (SSSR count). The first kappa shape index (κ1) is 20.1. The fraction of sp³-hybridized carbons (Fsp3) is 0. The van der Waals surface area contributed by atoms with Crippen LogP contribution in [0.15, 0.2) is 42.2 Å². The summed E-state index contributed by atoms with van der Waals surface area (Å²) in [6.07, 6.45) is 8.79. The largest absolute Gasteiger partial charge is 0.134 e. The minimum atomic E-state index is 1.14. The van der Waals surface area contributed by atoms with Crippen molar-refractivity contribution in [3.8, 4) is 0 Å². The van der Waals surface area contributed by atoms with Crippen LogP contribution in [0.2, 0.25) is 0 Å². The molecular weight excluding hydrogens is 688 g/mol. The van der Waals surface area contributed by atoms with Crippen molar-refractivity contribution in [1.82, 2.24) is 0 Å². The van der Waals surface area contributed by atoms with Crippen molar-refractivity contribution in [3.63, 3.8) is 0 Å². The maximum absolute atomic E-state index is 3.75. The van der Waals surface area contributed by atoms with Gasteiger partial charge in [-0.3, -0.25) is 0 Å². The lowest BCUT2D eigenvalue weighted by Crippen LogP contribution is -1.91. The molecule has 8 heteroatoms. The molecule has 0 nitrogen and oxygen atoms in total. The van der Waals surface area contributed by atoms with Crippen molar-refractivity contribution in [2.24, 2.45) is 0 Å². The lowest BCUT2D eigenvalue weighted by molar-refractivity contribution is 1.66. The van der Waals surface area contributed by atoms with E-state index < -0.39 is 0 Å². The average Bonchev–Trinajstić information content (AvgIpc) is 3.38. The SMILES string of the molecule is Brc1cc2sc1=c1s/c(cc1Br)=C\C=c1\cc(Br)/c(s1)=c1/s/c(cc1Br)=C\C=2. The Labute approximate surface area is 209 Å². The normalized spacial score (nSPS) is 17.6. The zero-order valence-corrected chi connectivity index (χ0v) is 23.4. The van der Waals surface area contributed by atoms with Crippen LogP contribution in [0.4, 0.5) is 0 Å². The summed E-state index contributed by atoms with van der Waals surface area (Å²) in [4.78, 5) is 0. The van der Waals surface area contributed by atoms with Gasteiger partial charge in [-0.1, -0.05) is 0 Å². The van der Waals surface area contributed by atoms with E-state index >= 15 is 0 Å². The van der Waals surface area contributed by atoms with Crippen LogP contribution < -0.4 is 18.1 Å². The molecule has 0 N–H and O–H groups in total. The third kappa shape index (κ3) is 3.80. The second-order valence-corrected chi connectivity index (χ2v) is 13.7. The Morgan fingerprint density at radius 3 is 0.821 bits per heavy atom. The highest BCUT2D eigenvalue weighted by Crippen LogP contribution is 2.23. The van der Waals surface area contributed by atoms with Crippen LogP contribution in [0, 0.1) is 18.1 Å². The molecule has 0 saturated heterocycles. The van der Waals surface area contributed by atoms with Crippen molar-refractivity contribution >= 4 is 133 Å². The lowest BCUT2D eigenvalue weighted by Gasteiger charge is -1.80. The maximum Gasteiger partial charge on any atom is 0.0602 e. The minimum Gasteiger partial charge on any atom is -0.134 e. The highest BCUT2D eigenvalue weighted by molar-refractivity contribution is 9.11. The molecule has 5 heterocycles. The molecule has 140 valence electrons. The first-order valence-electron chi connectivity index (χ1n) is 8.02. The topological polar surface area (TPSA) is 0 Å². The summed E-state index contributed by atoms with van der Waals surface area (Å²) >= 11 is 22.2. The monoisotopic (exact) mass is 692 g/mol. The molecule has 0 fully saturated rings. The molecule has 28 heavy (non-hydrogen) atoms. The van der Waals surface area contributed by atoms with E-state index in [0.29, 0.717) is 0 Å². The first-order chi connectivity index (χ1) is 13.5. The first-order valence-corrected chi connectivity index (χ1v) is 14.5. The van der Waals surface area contributed by atoms with Crippen molar-refractivity contribution in [3.05, 3.63) is 78.4 Å². The van der Waals surface area contributed by atoms with Crippen LogP contribution in [0.25, 0.3) is 24.3 Å². The predicted octanol–water partition coefficient (Wildman–Crippen LogP) is 6.39. The fourth-order valence-electron chi connectivity index (χ4n) is 2.82. The van der Waals surface area contributed by atoms with Gasteiger partial charge in [-0.2, -0.15) is 0 Å². The highest BCUT2D eigenvalue weighted by atomic mass is 79.9. The van der Waals surface area contributed by atoms with E-state index in [2.05, 4.69) is 112 Å². The second-order valence-electron chi connectivity index (χ2n) is 5.97. The van der Waals surface area contributed by atoms with Gasteiger partial charge in [-0.15, -0.1) is 45.3 Å². The van der Waals surface area contributed by atoms with E-state index in [9.17, 15) is 0 Å². The van der Waals surface area contributed by atoms with E-state index in [1.807, 2.05) is 0 Å². The molecule has 4 aromatic rings. The summed E-state index contributed by atoms with van der Waals surface area (Å²) in [6.45, 7) is 0. The van der Waals surface area contributed by atoms with Gasteiger partial charge >= 0.3 is 0 Å². The summed E-state index contributed by atoms with van der Waals surface area (Å²) in [7, 11) is 0. The fourth-order valence-corrected chi connectivity index (χ4v) is 10.8. The van der Waals surface area contributed by atoms with Crippen molar-refractivity contribution < 1.29 is 0 Å². The average molecular weight is 696 g/mol. The van der Waals surface area contributed by atoms with E-state index in [1.165, 1.54) is 36.3 Å². The molecule has 4 aromatic heterocycles. The lowest BCUT2D eigenvalue weighted by atomic mass is 10.4. The number of halogens is 4. The van der Waals surface area contributed by atoms with Crippen LogP contribution >= 0.6 is 109 Å². The summed E-state index contributed by atoms with van der Waals surface area (Å²) in [5.41, 5.74) is 0. The number of fused-ring (bicyclic) bond motifs is 8. The molecule has 0 radical (unpaired) electrons. The Bertz CT molecular complexity index is 1410. The van der Waals surface area contributed by atoms with Gasteiger partial charge in [0.1, 0.15) is 0 Å². The van der Waals surface area contributed by atoms with E-state index in [1.54, 1.807) is 45.3 Å². The summed E-state index contributed by atoms with van der Waals surface area (Å²) in [5, 5.41) is 0. The summed E-state index contributed by atoms with van der Waals surface area (Å²) in [5.74, 6) is 0. The smallest absolute Gasteiger partial charge is 0.0602 e. The van der Waals surface area contributed by atoms with Crippen LogP contribution in [-0.2, 0) is 0 Å². The maximum atomic E-state index is 3.75. The molecule has 8 bridgehead atoms. The van der Waals surface area contributed by atoms with Crippen molar-refractivity contribution in [1.29, 1.82) is 0 Å². The Balaban J connectivity index is 2.02. The molecule has 1 aliphatic heterocycles.